The number of hydrogen-bond donors (Lipinski definition) is 1. The first-order valence-electron chi connectivity index (χ1n) is 6.09. The lowest BCUT2D eigenvalue weighted by molar-refractivity contribution is 0.0785. The molecule has 104 valence electrons. The van der Waals surface area contributed by atoms with Crippen LogP contribution in [0.25, 0.3) is 0 Å². The number of nitrogens with zero attached hydrogens (tertiary/aromatic N) is 3. The topological polar surface area (TPSA) is 58.1 Å². The third-order valence-electron chi connectivity index (χ3n) is 2.81. The van der Waals surface area contributed by atoms with Crippen molar-refractivity contribution in [3.05, 3.63) is 52.4 Å². The first-order valence-corrected chi connectivity index (χ1v) is 6.88. The Morgan fingerprint density at radius 1 is 1.45 bits per heavy atom. The molecule has 2 aromatic heterocycles. The molecular weight excluding hydrogens is 320 g/mol. The van der Waals surface area contributed by atoms with Gasteiger partial charge < -0.3 is 10.2 Å². The van der Waals surface area contributed by atoms with Gasteiger partial charge in [0.15, 0.2) is 0 Å². The van der Waals surface area contributed by atoms with Crippen LogP contribution in [0.4, 0.5) is 5.82 Å². The summed E-state index contributed by atoms with van der Waals surface area (Å²) in [7, 11) is 3.50. The van der Waals surface area contributed by atoms with Gasteiger partial charge in [-0.15, -0.1) is 0 Å². The summed E-state index contributed by atoms with van der Waals surface area (Å²) in [5.41, 5.74) is 1.52. The number of halogens is 1. The Labute approximate surface area is 126 Å². The van der Waals surface area contributed by atoms with Gasteiger partial charge in [0.2, 0.25) is 0 Å². The van der Waals surface area contributed by atoms with E-state index in [-0.39, 0.29) is 5.91 Å². The Balaban J connectivity index is 2.20. The number of nitrogens with one attached hydrogen (secondary N) is 1. The standard InChI is InChI=1S/C14H15BrN4O/c1-16-13-12(6-11(15)8-18-13)14(20)19(2)9-10-4-3-5-17-7-10/h3-8H,9H2,1-2H3,(H,16,18). The van der Waals surface area contributed by atoms with Crippen LogP contribution in [0.15, 0.2) is 41.3 Å². The van der Waals surface area contributed by atoms with E-state index in [0.29, 0.717) is 17.9 Å². The highest BCUT2D eigenvalue weighted by atomic mass is 79.9. The molecule has 0 radical (unpaired) electrons. The van der Waals surface area contributed by atoms with E-state index in [1.807, 2.05) is 12.1 Å². The highest BCUT2D eigenvalue weighted by Gasteiger charge is 2.17. The largest absolute Gasteiger partial charge is 0.372 e. The van der Waals surface area contributed by atoms with Crippen molar-refractivity contribution in [1.82, 2.24) is 14.9 Å². The Kier molecular flexibility index (Phi) is 4.68. The third kappa shape index (κ3) is 3.33. The Morgan fingerprint density at radius 3 is 2.90 bits per heavy atom. The van der Waals surface area contributed by atoms with Crippen LogP contribution in [-0.2, 0) is 6.54 Å². The molecule has 6 heteroatoms. The summed E-state index contributed by atoms with van der Waals surface area (Å²) in [4.78, 5) is 22.4. The zero-order valence-corrected chi connectivity index (χ0v) is 12.9. The van der Waals surface area contributed by atoms with Gasteiger partial charge in [-0.05, 0) is 33.6 Å². The lowest BCUT2D eigenvalue weighted by Crippen LogP contribution is -2.27. The van der Waals surface area contributed by atoms with E-state index in [0.717, 1.165) is 10.0 Å². The number of aromatic nitrogens is 2. The number of pyridine rings is 2. The Hall–Kier alpha value is -1.95. The molecule has 1 amide bonds. The normalized spacial score (nSPS) is 10.2. The number of rotatable bonds is 4. The number of carbonyl (C=O) groups is 1. The molecule has 0 aromatic carbocycles. The molecule has 2 rings (SSSR count). The third-order valence-corrected chi connectivity index (χ3v) is 3.24. The average Bonchev–Trinajstić information content (AvgIpc) is 2.47. The highest BCUT2D eigenvalue weighted by molar-refractivity contribution is 9.10. The number of carbonyl (C=O) groups excluding carboxylic acids is 1. The lowest BCUT2D eigenvalue weighted by atomic mass is 10.2. The summed E-state index contributed by atoms with van der Waals surface area (Å²) >= 11 is 3.34. The first kappa shape index (κ1) is 14.5. The van der Waals surface area contributed by atoms with Gasteiger partial charge in [0.1, 0.15) is 5.82 Å². The Morgan fingerprint density at radius 2 is 2.25 bits per heavy atom. The predicted octanol–water partition coefficient (Wildman–Crippen LogP) is 2.55. The molecule has 20 heavy (non-hydrogen) atoms. The van der Waals surface area contributed by atoms with Crippen molar-refractivity contribution in [2.24, 2.45) is 0 Å². The smallest absolute Gasteiger partial charge is 0.257 e. The molecule has 2 aromatic rings. The minimum atomic E-state index is -0.0907. The van der Waals surface area contributed by atoms with Gasteiger partial charge in [0.05, 0.1) is 5.56 Å². The molecule has 0 saturated heterocycles. The van der Waals surface area contributed by atoms with Gasteiger partial charge in [-0.25, -0.2) is 4.98 Å². The van der Waals surface area contributed by atoms with Crippen LogP contribution in [0.5, 0.6) is 0 Å². The molecule has 5 nitrogen and oxygen atoms in total. The molecule has 2 heterocycles. The second-order valence-electron chi connectivity index (χ2n) is 4.32. The van der Waals surface area contributed by atoms with Crippen molar-refractivity contribution in [1.29, 1.82) is 0 Å². The number of anilines is 1. The van der Waals surface area contributed by atoms with E-state index < -0.39 is 0 Å². The molecule has 0 fully saturated rings. The highest BCUT2D eigenvalue weighted by Crippen LogP contribution is 2.19. The molecule has 0 aliphatic carbocycles. The van der Waals surface area contributed by atoms with Crippen molar-refractivity contribution >= 4 is 27.7 Å². The van der Waals surface area contributed by atoms with Gasteiger partial charge in [-0.2, -0.15) is 0 Å². The van der Waals surface area contributed by atoms with Crippen LogP contribution >= 0.6 is 15.9 Å². The molecular formula is C14H15BrN4O. The van der Waals surface area contributed by atoms with Gasteiger partial charge in [0, 0.05) is 43.7 Å². The van der Waals surface area contributed by atoms with E-state index in [9.17, 15) is 4.79 Å². The van der Waals surface area contributed by atoms with Crippen LogP contribution in [0.3, 0.4) is 0 Å². The molecule has 0 aliphatic heterocycles. The zero-order valence-electron chi connectivity index (χ0n) is 11.3. The van der Waals surface area contributed by atoms with Gasteiger partial charge in [-0.3, -0.25) is 9.78 Å². The first-order chi connectivity index (χ1) is 9.61. The Bertz CT molecular complexity index is 603. The molecule has 0 unspecified atom stereocenters. The summed E-state index contributed by atoms with van der Waals surface area (Å²) in [6.07, 6.45) is 5.12. The average molecular weight is 335 g/mol. The van der Waals surface area contributed by atoms with E-state index in [1.165, 1.54) is 0 Å². The van der Waals surface area contributed by atoms with Crippen molar-refractivity contribution in [2.75, 3.05) is 19.4 Å². The fourth-order valence-corrected chi connectivity index (χ4v) is 2.18. The summed E-state index contributed by atoms with van der Waals surface area (Å²) in [5.74, 6) is 0.475. The molecule has 0 saturated carbocycles. The van der Waals surface area contributed by atoms with E-state index in [2.05, 4.69) is 31.2 Å². The van der Waals surface area contributed by atoms with Crippen LogP contribution in [0, 0.1) is 0 Å². The maximum Gasteiger partial charge on any atom is 0.257 e. The second kappa shape index (κ2) is 6.47. The minimum absolute atomic E-state index is 0.0907. The minimum Gasteiger partial charge on any atom is -0.372 e. The van der Waals surface area contributed by atoms with Crippen molar-refractivity contribution in [3.8, 4) is 0 Å². The fraction of sp³-hybridized carbons (Fsp3) is 0.214. The summed E-state index contributed by atoms with van der Waals surface area (Å²) in [6.45, 7) is 0.502. The van der Waals surface area contributed by atoms with Crippen LogP contribution in [0.1, 0.15) is 15.9 Å². The molecule has 0 bridgehead atoms. The van der Waals surface area contributed by atoms with Crippen molar-refractivity contribution < 1.29 is 4.79 Å². The fourth-order valence-electron chi connectivity index (χ4n) is 1.84. The summed E-state index contributed by atoms with van der Waals surface area (Å²) < 4.78 is 0.773. The van der Waals surface area contributed by atoms with Crippen molar-refractivity contribution in [3.63, 3.8) is 0 Å². The van der Waals surface area contributed by atoms with Gasteiger partial charge in [0.25, 0.3) is 5.91 Å². The number of hydrogen-bond acceptors (Lipinski definition) is 4. The van der Waals surface area contributed by atoms with E-state index >= 15 is 0 Å². The monoisotopic (exact) mass is 334 g/mol. The maximum absolute atomic E-state index is 12.5. The van der Waals surface area contributed by atoms with Gasteiger partial charge >= 0.3 is 0 Å². The summed E-state index contributed by atoms with van der Waals surface area (Å²) in [5, 5.41) is 2.93. The SMILES string of the molecule is CNc1ncc(Br)cc1C(=O)N(C)Cc1cccnc1. The quantitative estimate of drug-likeness (QED) is 0.933. The van der Waals surface area contributed by atoms with Crippen LogP contribution in [0.2, 0.25) is 0 Å². The second-order valence-corrected chi connectivity index (χ2v) is 5.24. The lowest BCUT2D eigenvalue weighted by Gasteiger charge is -2.18. The van der Waals surface area contributed by atoms with Crippen molar-refractivity contribution in [2.45, 2.75) is 6.54 Å². The van der Waals surface area contributed by atoms with Crippen LogP contribution in [-0.4, -0.2) is 34.9 Å². The predicted molar refractivity (Wildman–Crippen MR) is 81.5 cm³/mol. The number of amides is 1. The molecule has 0 atom stereocenters. The molecule has 0 spiro atoms. The zero-order chi connectivity index (χ0) is 14.5. The van der Waals surface area contributed by atoms with Gasteiger partial charge in [-0.1, -0.05) is 6.07 Å². The molecule has 1 N–H and O–H groups in total. The van der Waals surface area contributed by atoms with Crippen LogP contribution < -0.4 is 5.32 Å². The van der Waals surface area contributed by atoms with E-state index in [4.69, 9.17) is 0 Å². The van der Waals surface area contributed by atoms with E-state index in [1.54, 1.807) is 43.7 Å². The maximum atomic E-state index is 12.5. The summed E-state index contributed by atoms with van der Waals surface area (Å²) in [6, 6.07) is 5.56. The molecule has 0 aliphatic rings.